The molecule has 20 heavy (non-hydrogen) atoms. The Morgan fingerprint density at radius 2 is 2.25 bits per heavy atom. The van der Waals surface area contributed by atoms with Crippen molar-refractivity contribution in [1.29, 1.82) is 5.26 Å². The van der Waals surface area contributed by atoms with Crippen molar-refractivity contribution in [3.8, 4) is 11.8 Å². The summed E-state index contributed by atoms with van der Waals surface area (Å²) in [6.07, 6.45) is 1.52. The van der Waals surface area contributed by atoms with Gasteiger partial charge in [0.2, 0.25) is 0 Å². The Bertz CT molecular complexity index is 561. The highest BCUT2D eigenvalue weighted by atomic mass is 16.5. The van der Waals surface area contributed by atoms with Gasteiger partial charge in [-0.25, -0.2) is 0 Å². The van der Waals surface area contributed by atoms with Crippen LogP contribution in [0.5, 0.6) is 5.75 Å². The maximum atomic E-state index is 12.0. The zero-order valence-corrected chi connectivity index (χ0v) is 11.8. The quantitative estimate of drug-likeness (QED) is 0.854. The molecule has 0 saturated heterocycles. The second kappa shape index (κ2) is 5.41. The number of anilines is 2. The lowest BCUT2D eigenvalue weighted by Gasteiger charge is -2.30. The van der Waals surface area contributed by atoms with E-state index in [0.717, 1.165) is 18.5 Å². The average Bonchev–Trinajstić information content (AvgIpc) is 2.41. The summed E-state index contributed by atoms with van der Waals surface area (Å²) in [7, 11) is 0. The summed E-state index contributed by atoms with van der Waals surface area (Å²) < 4.78 is 5.39. The zero-order chi connectivity index (χ0) is 14.8. The second-order valence-electron chi connectivity index (χ2n) is 5.66. The monoisotopic (exact) mass is 273 g/mol. The Morgan fingerprint density at radius 1 is 1.50 bits per heavy atom. The number of fused-ring (bicyclic) bond motifs is 1. The molecule has 1 aliphatic heterocycles. The van der Waals surface area contributed by atoms with E-state index in [2.05, 4.69) is 6.07 Å². The number of hydrogen-bond donors (Lipinski definition) is 1. The first kappa shape index (κ1) is 14.2. The fourth-order valence-electron chi connectivity index (χ4n) is 2.20. The minimum absolute atomic E-state index is 0.0398. The molecule has 106 valence electrons. The van der Waals surface area contributed by atoms with Crippen LogP contribution in [0.4, 0.5) is 11.4 Å². The molecule has 0 fully saturated rings. The molecule has 0 saturated carbocycles. The molecule has 1 aromatic rings. The van der Waals surface area contributed by atoms with Crippen molar-refractivity contribution >= 4 is 17.3 Å². The van der Waals surface area contributed by atoms with Crippen molar-refractivity contribution in [3.05, 3.63) is 18.2 Å². The van der Waals surface area contributed by atoms with Gasteiger partial charge in [-0.3, -0.25) is 4.79 Å². The molecule has 0 atom stereocenters. The van der Waals surface area contributed by atoms with E-state index in [1.54, 1.807) is 23.1 Å². The number of nitrogen functional groups attached to an aromatic ring is 1. The molecule has 0 unspecified atom stereocenters. The van der Waals surface area contributed by atoms with Crippen molar-refractivity contribution in [3.63, 3.8) is 0 Å². The molecule has 1 aliphatic rings. The van der Waals surface area contributed by atoms with E-state index < -0.39 is 0 Å². The van der Waals surface area contributed by atoms with Crippen molar-refractivity contribution in [2.24, 2.45) is 5.41 Å². The van der Waals surface area contributed by atoms with Gasteiger partial charge in [-0.1, -0.05) is 0 Å². The molecule has 1 heterocycles. The largest absolute Gasteiger partial charge is 0.481 e. The molecule has 5 heteroatoms. The molecule has 0 spiro atoms. The van der Waals surface area contributed by atoms with Gasteiger partial charge in [0.05, 0.1) is 17.2 Å². The standard InChI is InChI=1S/C15H19N3O2/c1-15(2,10-16)6-3-7-18-12-5-4-11(17)8-13(12)20-9-14(18)19/h4-5,8H,3,6-7,9,17H2,1-2H3. The number of hydrogen-bond acceptors (Lipinski definition) is 4. The Morgan fingerprint density at radius 3 is 2.95 bits per heavy atom. The molecule has 0 radical (unpaired) electrons. The van der Waals surface area contributed by atoms with Crippen molar-refractivity contribution in [2.75, 3.05) is 23.8 Å². The molecular weight excluding hydrogens is 254 g/mol. The van der Waals surface area contributed by atoms with E-state index in [1.807, 2.05) is 13.8 Å². The first-order valence-corrected chi connectivity index (χ1v) is 6.67. The first-order chi connectivity index (χ1) is 9.43. The molecule has 1 amide bonds. The topological polar surface area (TPSA) is 79.3 Å². The average molecular weight is 273 g/mol. The van der Waals surface area contributed by atoms with Crippen LogP contribution in [0, 0.1) is 16.7 Å². The lowest BCUT2D eigenvalue weighted by molar-refractivity contribution is -0.121. The van der Waals surface area contributed by atoms with Gasteiger partial charge in [0.1, 0.15) is 5.75 Å². The van der Waals surface area contributed by atoms with Crippen LogP contribution in [0.15, 0.2) is 18.2 Å². The number of nitrogens with zero attached hydrogens (tertiary/aromatic N) is 2. The summed E-state index contributed by atoms with van der Waals surface area (Å²) in [5, 5.41) is 9.01. The predicted octanol–water partition coefficient (Wildman–Crippen LogP) is 2.32. The maximum Gasteiger partial charge on any atom is 0.265 e. The highest BCUT2D eigenvalue weighted by Gasteiger charge is 2.26. The number of rotatable bonds is 4. The minimum atomic E-state index is -0.362. The molecule has 2 rings (SSSR count). The lowest BCUT2D eigenvalue weighted by atomic mass is 9.90. The number of nitrogens with two attached hydrogens (primary N) is 1. The molecule has 2 N–H and O–H groups in total. The van der Waals surface area contributed by atoms with E-state index in [0.29, 0.717) is 18.0 Å². The van der Waals surface area contributed by atoms with Crippen molar-refractivity contribution in [1.82, 2.24) is 0 Å². The maximum absolute atomic E-state index is 12.0. The van der Waals surface area contributed by atoms with Gasteiger partial charge in [0.25, 0.3) is 5.91 Å². The molecule has 5 nitrogen and oxygen atoms in total. The van der Waals surface area contributed by atoms with E-state index >= 15 is 0 Å². The predicted molar refractivity (Wildman–Crippen MR) is 77.3 cm³/mol. The number of carbonyl (C=O) groups is 1. The summed E-state index contributed by atoms with van der Waals surface area (Å²) in [4.78, 5) is 13.7. The van der Waals surface area contributed by atoms with Gasteiger partial charge in [-0.15, -0.1) is 0 Å². The molecule has 0 aromatic heterocycles. The Kier molecular flexibility index (Phi) is 3.84. The molecule has 0 aliphatic carbocycles. The van der Waals surface area contributed by atoms with Crippen molar-refractivity contribution < 1.29 is 9.53 Å². The van der Waals surface area contributed by atoms with Crippen molar-refractivity contribution in [2.45, 2.75) is 26.7 Å². The van der Waals surface area contributed by atoms with Crippen LogP contribution in [0.2, 0.25) is 0 Å². The van der Waals surface area contributed by atoms with Gasteiger partial charge in [-0.05, 0) is 38.8 Å². The summed E-state index contributed by atoms with van der Waals surface area (Å²) in [5.74, 6) is 0.584. The van der Waals surface area contributed by atoms with E-state index in [1.165, 1.54) is 0 Å². The number of nitriles is 1. The fourth-order valence-corrected chi connectivity index (χ4v) is 2.20. The summed E-state index contributed by atoms with van der Waals surface area (Å²) in [5.41, 5.74) is 6.73. The summed E-state index contributed by atoms with van der Waals surface area (Å²) >= 11 is 0. The highest BCUT2D eigenvalue weighted by Crippen LogP contribution is 2.34. The van der Waals surface area contributed by atoms with Crippen LogP contribution in [-0.2, 0) is 4.79 Å². The summed E-state index contributed by atoms with van der Waals surface area (Å²) in [6.45, 7) is 4.44. The van der Waals surface area contributed by atoms with E-state index in [4.69, 9.17) is 15.7 Å². The van der Waals surface area contributed by atoms with Crippen LogP contribution in [0.3, 0.4) is 0 Å². The summed E-state index contributed by atoms with van der Waals surface area (Å²) in [6, 6.07) is 7.56. The Balaban J connectivity index is 2.09. The van der Waals surface area contributed by atoms with Crippen LogP contribution in [0.1, 0.15) is 26.7 Å². The molecule has 0 bridgehead atoms. The number of amides is 1. The van der Waals surface area contributed by atoms with Gasteiger partial charge in [-0.2, -0.15) is 5.26 Å². The van der Waals surface area contributed by atoms with E-state index in [-0.39, 0.29) is 17.9 Å². The third kappa shape index (κ3) is 3.02. The second-order valence-corrected chi connectivity index (χ2v) is 5.66. The third-order valence-corrected chi connectivity index (χ3v) is 3.41. The molecular formula is C15H19N3O2. The lowest BCUT2D eigenvalue weighted by Crippen LogP contribution is -2.39. The smallest absolute Gasteiger partial charge is 0.265 e. The van der Waals surface area contributed by atoms with Crippen LogP contribution in [-0.4, -0.2) is 19.1 Å². The molecule has 1 aromatic carbocycles. The Labute approximate surface area is 118 Å². The van der Waals surface area contributed by atoms with Crippen LogP contribution < -0.4 is 15.4 Å². The highest BCUT2D eigenvalue weighted by molar-refractivity contribution is 5.98. The number of carbonyl (C=O) groups excluding carboxylic acids is 1. The van der Waals surface area contributed by atoms with Crippen LogP contribution in [0.25, 0.3) is 0 Å². The fraction of sp³-hybridized carbons (Fsp3) is 0.467. The minimum Gasteiger partial charge on any atom is -0.481 e. The van der Waals surface area contributed by atoms with Gasteiger partial charge < -0.3 is 15.4 Å². The van der Waals surface area contributed by atoms with Gasteiger partial charge >= 0.3 is 0 Å². The normalized spacial score (nSPS) is 14.4. The number of benzene rings is 1. The SMILES string of the molecule is CC(C)(C#N)CCCN1C(=O)COc2cc(N)ccc21. The third-order valence-electron chi connectivity index (χ3n) is 3.41. The van der Waals surface area contributed by atoms with E-state index in [9.17, 15) is 4.79 Å². The van der Waals surface area contributed by atoms with Crippen LogP contribution >= 0.6 is 0 Å². The zero-order valence-electron chi connectivity index (χ0n) is 11.8. The number of ether oxygens (including phenoxy) is 1. The van der Waals surface area contributed by atoms with Gasteiger partial charge in [0, 0.05) is 18.3 Å². The van der Waals surface area contributed by atoms with Gasteiger partial charge in [0.15, 0.2) is 6.61 Å². The Hall–Kier alpha value is -2.22. The first-order valence-electron chi connectivity index (χ1n) is 6.67.